The first-order valence-electron chi connectivity index (χ1n) is 8.23. The van der Waals surface area contributed by atoms with E-state index in [1.54, 1.807) is 26.4 Å². The minimum Gasteiger partial charge on any atom is -0.496 e. The fraction of sp³-hybridized carbons (Fsp3) is 0.200. The molecule has 130 valence electrons. The van der Waals surface area contributed by atoms with Crippen LogP contribution in [0.1, 0.15) is 28.6 Å². The Morgan fingerprint density at radius 2 is 2.04 bits per heavy atom. The molecule has 4 rings (SSSR count). The highest BCUT2D eigenvalue weighted by molar-refractivity contribution is 5.89. The molecule has 0 radical (unpaired) electrons. The molecular formula is C20H18N4O2. The van der Waals surface area contributed by atoms with Crippen LogP contribution in [0.3, 0.4) is 0 Å². The minimum absolute atomic E-state index is 0.429. The molecular weight excluding hydrogens is 328 g/mol. The van der Waals surface area contributed by atoms with Crippen LogP contribution >= 0.6 is 0 Å². The second-order valence-corrected chi connectivity index (χ2v) is 6.16. The Hall–Kier alpha value is -3.30. The highest BCUT2D eigenvalue weighted by Crippen LogP contribution is 2.39. The van der Waals surface area contributed by atoms with Crippen LogP contribution in [0.5, 0.6) is 5.75 Å². The van der Waals surface area contributed by atoms with Gasteiger partial charge in [-0.15, -0.1) is 0 Å². The molecule has 1 atom stereocenters. The van der Waals surface area contributed by atoms with Gasteiger partial charge < -0.3 is 19.4 Å². The summed E-state index contributed by atoms with van der Waals surface area (Å²) in [6.07, 6.45) is 1.48. The maximum absolute atomic E-state index is 9.09. The maximum Gasteiger partial charge on any atom is 0.144 e. The Bertz CT molecular complexity index is 1150. The monoisotopic (exact) mass is 346 g/mol. The van der Waals surface area contributed by atoms with E-state index in [0.717, 1.165) is 38.8 Å². The Labute approximate surface area is 150 Å². The number of H-pyrrole nitrogens is 2. The average Bonchev–Trinajstić information content (AvgIpc) is 3.30. The summed E-state index contributed by atoms with van der Waals surface area (Å²) >= 11 is 0. The quantitative estimate of drug-likeness (QED) is 0.585. The summed E-state index contributed by atoms with van der Waals surface area (Å²) in [7, 11) is 3.30. The number of nitrogens with zero attached hydrogens (tertiary/aromatic N) is 2. The number of hydrogen-bond donors (Lipinski definition) is 2. The molecule has 0 amide bonds. The van der Waals surface area contributed by atoms with Gasteiger partial charge in [0.25, 0.3) is 0 Å². The molecule has 26 heavy (non-hydrogen) atoms. The Balaban J connectivity index is 1.93. The van der Waals surface area contributed by atoms with Gasteiger partial charge in [0.05, 0.1) is 29.8 Å². The van der Waals surface area contributed by atoms with E-state index in [1.165, 1.54) is 0 Å². The van der Waals surface area contributed by atoms with Crippen LogP contribution in [0.15, 0.2) is 36.5 Å². The first-order chi connectivity index (χ1) is 12.7. The third-order valence-electron chi connectivity index (χ3n) is 4.64. The number of aromatic amines is 2. The molecule has 2 aromatic heterocycles. The number of ether oxygens (including phenoxy) is 2. The van der Waals surface area contributed by atoms with Gasteiger partial charge in [-0.2, -0.15) is 5.26 Å². The van der Waals surface area contributed by atoms with Gasteiger partial charge in [-0.25, -0.2) is 4.98 Å². The second-order valence-electron chi connectivity index (χ2n) is 6.16. The topological polar surface area (TPSA) is 86.7 Å². The van der Waals surface area contributed by atoms with E-state index in [4.69, 9.17) is 14.7 Å². The molecule has 2 heterocycles. The third-order valence-corrected chi connectivity index (χ3v) is 4.64. The number of methoxy groups -OCH3 is 2. The lowest BCUT2D eigenvalue weighted by Gasteiger charge is -2.19. The number of nitrogens with one attached hydrogen (secondary N) is 2. The fourth-order valence-electron chi connectivity index (χ4n) is 3.42. The van der Waals surface area contributed by atoms with Gasteiger partial charge in [0.1, 0.15) is 17.7 Å². The number of imidazole rings is 1. The van der Waals surface area contributed by atoms with Crippen LogP contribution in [-0.4, -0.2) is 29.2 Å². The van der Waals surface area contributed by atoms with Crippen LogP contribution in [0.2, 0.25) is 0 Å². The Morgan fingerprint density at radius 1 is 1.19 bits per heavy atom. The number of benzene rings is 2. The van der Waals surface area contributed by atoms with Crippen LogP contribution < -0.4 is 4.74 Å². The van der Waals surface area contributed by atoms with Gasteiger partial charge in [0.15, 0.2) is 0 Å². The summed E-state index contributed by atoms with van der Waals surface area (Å²) in [4.78, 5) is 11.2. The normalized spacial score (nSPS) is 12.4. The van der Waals surface area contributed by atoms with Crippen molar-refractivity contribution in [3.63, 3.8) is 0 Å². The number of fused-ring (bicyclic) bond motifs is 2. The molecule has 1 unspecified atom stereocenters. The van der Waals surface area contributed by atoms with Gasteiger partial charge >= 0.3 is 0 Å². The predicted molar refractivity (Wildman–Crippen MR) is 99.2 cm³/mol. The average molecular weight is 346 g/mol. The van der Waals surface area contributed by atoms with Crippen molar-refractivity contribution in [1.29, 1.82) is 5.26 Å². The van der Waals surface area contributed by atoms with Crippen molar-refractivity contribution in [1.82, 2.24) is 15.0 Å². The lowest BCUT2D eigenvalue weighted by atomic mass is 10.00. The van der Waals surface area contributed by atoms with Crippen molar-refractivity contribution in [3.8, 4) is 11.8 Å². The zero-order valence-corrected chi connectivity index (χ0v) is 14.8. The van der Waals surface area contributed by atoms with E-state index < -0.39 is 6.10 Å². The second kappa shape index (κ2) is 6.21. The minimum atomic E-state index is -0.429. The number of aromatic nitrogens is 3. The van der Waals surface area contributed by atoms with Gasteiger partial charge in [-0.05, 0) is 42.8 Å². The summed E-state index contributed by atoms with van der Waals surface area (Å²) in [5, 5.41) is 10.1. The smallest absolute Gasteiger partial charge is 0.144 e. The first-order valence-corrected chi connectivity index (χ1v) is 8.23. The van der Waals surface area contributed by atoms with Crippen LogP contribution in [0.4, 0.5) is 0 Å². The largest absolute Gasteiger partial charge is 0.496 e. The molecule has 0 aliphatic carbocycles. The number of aryl methyl sites for hydroxylation is 1. The fourth-order valence-corrected chi connectivity index (χ4v) is 3.42. The zero-order chi connectivity index (χ0) is 18.3. The molecule has 6 heteroatoms. The molecule has 0 aliphatic rings. The van der Waals surface area contributed by atoms with Crippen molar-refractivity contribution >= 4 is 21.9 Å². The van der Waals surface area contributed by atoms with Crippen molar-refractivity contribution in [2.24, 2.45) is 0 Å². The standard InChI is InChI=1S/C20H18N4O2/c1-11-8-16(25-2)17(13-6-7-22-18(11)13)19(26-3)20-23-14-5-4-12(10-21)9-15(14)24-20/h4-9,19,22H,1-3H3,(H,23,24). The Kier molecular flexibility index (Phi) is 3.86. The number of hydrogen-bond acceptors (Lipinski definition) is 4. The highest BCUT2D eigenvalue weighted by atomic mass is 16.5. The van der Waals surface area contributed by atoms with Gasteiger partial charge in [-0.3, -0.25) is 0 Å². The Morgan fingerprint density at radius 3 is 2.77 bits per heavy atom. The third kappa shape index (κ3) is 2.41. The van der Waals surface area contributed by atoms with E-state index in [0.29, 0.717) is 11.4 Å². The first kappa shape index (κ1) is 16.2. The molecule has 0 fully saturated rings. The molecule has 4 aromatic rings. The van der Waals surface area contributed by atoms with Gasteiger partial charge in [0, 0.05) is 29.8 Å². The summed E-state index contributed by atoms with van der Waals surface area (Å²) in [5.74, 6) is 1.42. The van der Waals surface area contributed by atoms with Crippen LogP contribution in [-0.2, 0) is 4.74 Å². The van der Waals surface area contributed by atoms with Gasteiger partial charge in [0.2, 0.25) is 0 Å². The molecule has 6 nitrogen and oxygen atoms in total. The van der Waals surface area contributed by atoms with E-state index in [1.807, 2.05) is 31.3 Å². The molecule has 0 saturated carbocycles. The molecule has 2 N–H and O–H groups in total. The summed E-state index contributed by atoms with van der Waals surface area (Å²) in [6, 6.07) is 11.5. The van der Waals surface area contributed by atoms with Crippen molar-refractivity contribution in [2.45, 2.75) is 13.0 Å². The SMILES string of the molecule is COc1cc(C)c2[nH]ccc2c1C(OC)c1nc2cc(C#N)ccc2[nH]1. The molecule has 0 aliphatic heterocycles. The van der Waals surface area contributed by atoms with Crippen LogP contribution in [0, 0.1) is 18.3 Å². The molecule has 0 spiro atoms. The van der Waals surface area contributed by atoms with Crippen molar-refractivity contribution < 1.29 is 9.47 Å². The van der Waals surface area contributed by atoms with Crippen molar-refractivity contribution in [2.75, 3.05) is 14.2 Å². The summed E-state index contributed by atoms with van der Waals surface area (Å²) in [6.45, 7) is 2.04. The highest BCUT2D eigenvalue weighted by Gasteiger charge is 2.25. The van der Waals surface area contributed by atoms with Crippen LogP contribution in [0.25, 0.3) is 21.9 Å². The number of nitriles is 1. The van der Waals surface area contributed by atoms with E-state index >= 15 is 0 Å². The summed E-state index contributed by atoms with van der Waals surface area (Å²) < 4.78 is 11.5. The van der Waals surface area contributed by atoms with E-state index in [9.17, 15) is 0 Å². The maximum atomic E-state index is 9.09. The zero-order valence-electron chi connectivity index (χ0n) is 14.8. The van der Waals surface area contributed by atoms with Crippen molar-refractivity contribution in [3.05, 3.63) is 59.0 Å². The van der Waals surface area contributed by atoms with Gasteiger partial charge in [-0.1, -0.05) is 0 Å². The summed E-state index contributed by atoms with van der Waals surface area (Å²) in [5.41, 5.74) is 5.23. The molecule has 2 aromatic carbocycles. The van der Waals surface area contributed by atoms with E-state index in [2.05, 4.69) is 21.0 Å². The lowest BCUT2D eigenvalue weighted by Crippen LogP contribution is -2.08. The molecule has 0 saturated heterocycles. The molecule has 0 bridgehead atoms. The predicted octanol–water partition coefficient (Wildman–Crippen LogP) is 3.97. The lowest BCUT2D eigenvalue weighted by molar-refractivity contribution is 0.128. The number of rotatable bonds is 4. The van der Waals surface area contributed by atoms with E-state index in [-0.39, 0.29) is 0 Å².